The van der Waals surface area contributed by atoms with Crippen molar-refractivity contribution in [2.45, 2.75) is 59.4 Å². The van der Waals surface area contributed by atoms with Crippen molar-refractivity contribution < 1.29 is 0 Å². The maximum atomic E-state index is 4.28. The van der Waals surface area contributed by atoms with E-state index < -0.39 is 0 Å². The van der Waals surface area contributed by atoms with Crippen molar-refractivity contribution in [1.82, 2.24) is 10.6 Å². The molecule has 1 unspecified atom stereocenters. The van der Waals surface area contributed by atoms with Gasteiger partial charge < -0.3 is 10.6 Å². The molecule has 0 rings (SSSR count). The van der Waals surface area contributed by atoms with E-state index in [1.165, 1.54) is 31.4 Å². The number of hydrogen-bond donors (Lipinski definition) is 2. The average molecular weight is 415 g/mol. The number of thioether (sulfide) groups is 1. The van der Waals surface area contributed by atoms with E-state index in [-0.39, 0.29) is 24.0 Å². The van der Waals surface area contributed by atoms with Crippen LogP contribution in [0.15, 0.2) is 4.99 Å². The molecule has 0 amide bonds. The largest absolute Gasteiger partial charge is 0.356 e. The summed E-state index contributed by atoms with van der Waals surface area (Å²) in [6.07, 6.45) is 7.04. The molecule has 0 aromatic rings. The highest BCUT2D eigenvalue weighted by atomic mass is 127. The summed E-state index contributed by atoms with van der Waals surface area (Å²) in [7, 11) is 1.84. The Morgan fingerprint density at radius 1 is 1.25 bits per heavy atom. The van der Waals surface area contributed by atoms with E-state index in [0.29, 0.717) is 11.5 Å². The normalized spacial score (nSPS) is 13.6. The number of nitrogens with zero attached hydrogens (tertiary/aromatic N) is 1. The van der Waals surface area contributed by atoms with Gasteiger partial charge in [0, 0.05) is 19.6 Å². The van der Waals surface area contributed by atoms with E-state index in [1.807, 2.05) is 18.8 Å². The van der Waals surface area contributed by atoms with E-state index in [0.717, 1.165) is 12.5 Å². The molecular weight excluding hydrogens is 381 g/mol. The van der Waals surface area contributed by atoms with Gasteiger partial charge in [0.2, 0.25) is 0 Å². The van der Waals surface area contributed by atoms with Gasteiger partial charge in [-0.2, -0.15) is 11.8 Å². The fraction of sp³-hybridized carbons (Fsp3) is 0.933. The Morgan fingerprint density at radius 2 is 1.90 bits per heavy atom. The van der Waals surface area contributed by atoms with Crippen LogP contribution < -0.4 is 10.6 Å². The molecule has 0 aromatic carbocycles. The third kappa shape index (κ3) is 14.8. The zero-order chi connectivity index (χ0) is 14.7. The lowest BCUT2D eigenvalue weighted by molar-refractivity contribution is 0.346. The SMILES string of the molecule is CN=C(NCCCCSC)NC(C)CCC(C)(C)C.I. The van der Waals surface area contributed by atoms with Crippen molar-refractivity contribution in [3.05, 3.63) is 0 Å². The van der Waals surface area contributed by atoms with Crippen molar-refractivity contribution in [2.24, 2.45) is 10.4 Å². The zero-order valence-corrected chi connectivity index (χ0v) is 17.2. The van der Waals surface area contributed by atoms with Gasteiger partial charge in [-0.1, -0.05) is 20.8 Å². The molecule has 0 aliphatic carbocycles. The molecule has 0 fully saturated rings. The molecule has 0 aromatic heterocycles. The summed E-state index contributed by atoms with van der Waals surface area (Å²) in [6.45, 7) is 10.1. The Morgan fingerprint density at radius 3 is 2.40 bits per heavy atom. The van der Waals surface area contributed by atoms with Gasteiger partial charge in [-0.25, -0.2) is 0 Å². The van der Waals surface area contributed by atoms with E-state index >= 15 is 0 Å². The monoisotopic (exact) mass is 415 g/mol. The fourth-order valence-corrected chi connectivity index (χ4v) is 2.22. The Balaban J connectivity index is 0. The molecule has 0 aliphatic rings. The fourth-order valence-electron chi connectivity index (χ4n) is 1.73. The maximum absolute atomic E-state index is 4.28. The summed E-state index contributed by atoms with van der Waals surface area (Å²) in [5.41, 5.74) is 0.407. The summed E-state index contributed by atoms with van der Waals surface area (Å²) >= 11 is 1.91. The highest BCUT2D eigenvalue weighted by molar-refractivity contribution is 14.0. The zero-order valence-electron chi connectivity index (χ0n) is 14.1. The lowest BCUT2D eigenvalue weighted by atomic mass is 9.89. The molecule has 20 heavy (non-hydrogen) atoms. The first-order valence-corrected chi connectivity index (χ1v) is 8.74. The molecule has 0 bridgehead atoms. The van der Waals surface area contributed by atoms with Crippen LogP contribution in [0.25, 0.3) is 0 Å². The molecule has 0 radical (unpaired) electrons. The van der Waals surface area contributed by atoms with Gasteiger partial charge in [0.25, 0.3) is 0 Å². The number of nitrogens with one attached hydrogen (secondary N) is 2. The number of rotatable bonds is 8. The first-order chi connectivity index (χ1) is 8.89. The van der Waals surface area contributed by atoms with Gasteiger partial charge in [-0.3, -0.25) is 4.99 Å². The van der Waals surface area contributed by atoms with Crippen molar-refractivity contribution in [3.63, 3.8) is 0 Å². The predicted molar refractivity (Wildman–Crippen MR) is 106 cm³/mol. The minimum Gasteiger partial charge on any atom is -0.356 e. The van der Waals surface area contributed by atoms with Crippen LogP contribution in [0.2, 0.25) is 0 Å². The molecule has 0 spiro atoms. The summed E-state index contributed by atoms with van der Waals surface area (Å²) in [5, 5.41) is 6.85. The van der Waals surface area contributed by atoms with Gasteiger partial charge in [0.05, 0.1) is 0 Å². The number of guanidine groups is 1. The molecule has 2 N–H and O–H groups in total. The van der Waals surface area contributed by atoms with Crippen LogP contribution in [0.3, 0.4) is 0 Å². The van der Waals surface area contributed by atoms with E-state index in [1.54, 1.807) is 0 Å². The van der Waals surface area contributed by atoms with Gasteiger partial charge in [0.1, 0.15) is 0 Å². The summed E-state index contributed by atoms with van der Waals surface area (Å²) in [4.78, 5) is 4.28. The van der Waals surface area contributed by atoms with Crippen LogP contribution in [0.1, 0.15) is 53.4 Å². The van der Waals surface area contributed by atoms with Gasteiger partial charge in [0.15, 0.2) is 5.96 Å². The van der Waals surface area contributed by atoms with Crippen LogP contribution >= 0.6 is 35.7 Å². The van der Waals surface area contributed by atoms with Crippen LogP contribution in [0, 0.1) is 5.41 Å². The van der Waals surface area contributed by atoms with E-state index in [2.05, 4.69) is 49.6 Å². The minimum absolute atomic E-state index is 0. The van der Waals surface area contributed by atoms with Crippen LogP contribution in [0.5, 0.6) is 0 Å². The lowest BCUT2D eigenvalue weighted by Gasteiger charge is -2.23. The van der Waals surface area contributed by atoms with Gasteiger partial charge in [-0.15, -0.1) is 24.0 Å². The number of aliphatic imine (C=N–C) groups is 1. The highest BCUT2D eigenvalue weighted by Crippen LogP contribution is 2.21. The number of hydrogen-bond acceptors (Lipinski definition) is 2. The first kappa shape index (κ1) is 22.6. The van der Waals surface area contributed by atoms with Gasteiger partial charge >= 0.3 is 0 Å². The summed E-state index contributed by atoms with van der Waals surface area (Å²) in [6, 6.07) is 0.469. The Hall–Kier alpha value is 0.350. The average Bonchev–Trinajstić information content (AvgIpc) is 2.34. The smallest absolute Gasteiger partial charge is 0.191 e. The number of halogens is 1. The highest BCUT2D eigenvalue weighted by Gasteiger charge is 2.13. The topological polar surface area (TPSA) is 36.4 Å². The third-order valence-electron chi connectivity index (χ3n) is 3.00. The Bertz CT molecular complexity index is 252. The second-order valence-electron chi connectivity index (χ2n) is 6.34. The van der Waals surface area contributed by atoms with Crippen LogP contribution in [0.4, 0.5) is 0 Å². The maximum Gasteiger partial charge on any atom is 0.191 e. The molecule has 0 saturated carbocycles. The van der Waals surface area contributed by atoms with Crippen molar-refractivity contribution in [3.8, 4) is 0 Å². The molecule has 3 nitrogen and oxygen atoms in total. The molecule has 0 aliphatic heterocycles. The van der Waals surface area contributed by atoms with Crippen molar-refractivity contribution in [2.75, 3.05) is 25.6 Å². The summed E-state index contributed by atoms with van der Waals surface area (Å²) in [5.74, 6) is 2.18. The summed E-state index contributed by atoms with van der Waals surface area (Å²) < 4.78 is 0. The third-order valence-corrected chi connectivity index (χ3v) is 3.70. The molecule has 1 atom stereocenters. The Kier molecular flexibility index (Phi) is 14.8. The van der Waals surface area contributed by atoms with E-state index in [4.69, 9.17) is 0 Å². The molecule has 0 saturated heterocycles. The second-order valence-corrected chi connectivity index (χ2v) is 7.33. The molecule has 122 valence electrons. The quantitative estimate of drug-likeness (QED) is 0.271. The van der Waals surface area contributed by atoms with Crippen molar-refractivity contribution in [1.29, 1.82) is 0 Å². The lowest BCUT2D eigenvalue weighted by Crippen LogP contribution is -2.42. The predicted octanol–water partition coefficient (Wildman–Crippen LogP) is 4.13. The van der Waals surface area contributed by atoms with Crippen LogP contribution in [-0.4, -0.2) is 37.6 Å². The van der Waals surface area contributed by atoms with E-state index in [9.17, 15) is 0 Å². The van der Waals surface area contributed by atoms with Gasteiger partial charge in [-0.05, 0) is 50.0 Å². The standard InChI is InChI=1S/C15H33N3S.HI/c1-13(9-10-15(2,3)4)18-14(16-5)17-11-7-8-12-19-6;/h13H,7-12H2,1-6H3,(H2,16,17,18);1H. The number of unbranched alkanes of at least 4 members (excludes halogenated alkanes) is 1. The van der Waals surface area contributed by atoms with Crippen molar-refractivity contribution >= 4 is 41.7 Å². The van der Waals surface area contributed by atoms with Crippen LogP contribution in [-0.2, 0) is 0 Å². The molecular formula is C15H34IN3S. The second kappa shape index (κ2) is 13.0. The Labute approximate surface area is 147 Å². The molecule has 0 heterocycles. The molecule has 5 heteroatoms. The minimum atomic E-state index is 0. The first-order valence-electron chi connectivity index (χ1n) is 7.35.